The van der Waals surface area contributed by atoms with Crippen molar-refractivity contribution in [3.05, 3.63) is 34.9 Å². The van der Waals surface area contributed by atoms with Crippen LogP contribution in [0, 0.1) is 11.3 Å². The summed E-state index contributed by atoms with van der Waals surface area (Å²) in [5.74, 6) is -0.558. The van der Waals surface area contributed by atoms with Gasteiger partial charge in [-0.2, -0.15) is 0 Å². The molecule has 5 nitrogen and oxygen atoms in total. The second kappa shape index (κ2) is 9.20. The Kier molecular flexibility index (Phi) is 7.90. The zero-order chi connectivity index (χ0) is 19.2. The number of benzene rings is 1. The van der Waals surface area contributed by atoms with E-state index in [0.29, 0.717) is 17.1 Å². The minimum absolute atomic E-state index is 0.0385. The molecule has 2 amide bonds. The van der Waals surface area contributed by atoms with E-state index in [0.717, 1.165) is 6.54 Å². The first-order chi connectivity index (χ1) is 11.5. The van der Waals surface area contributed by atoms with Crippen molar-refractivity contribution in [2.75, 3.05) is 27.2 Å². The van der Waals surface area contributed by atoms with E-state index in [1.54, 1.807) is 24.3 Å². The summed E-state index contributed by atoms with van der Waals surface area (Å²) in [6.45, 7) is 9.39. The molecule has 0 aliphatic carbocycles. The van der Waals surface area contributed by atoms with Gasteiger partial charge in [0.1, 0.15) is 6.04 Å². The molecule has 0 heterocycles. The number of amides is 2. The SMILES string of the molecule is CC(C)C(NC(=O)c1ccccc1Cl)C(=O)NCC(C)(C)CN(C)C. The largest absolute Gasteiger partial charge is 0.354 e. The Morgan fingerprint density at radius 1 is 1.20 bits per heavy atom. The number of halogens is 1. The smallest absolute Gasteiger partial charge is 0.253 e. The van der Waals surface area contributed by atoms with Crippen LogP contribution in [0.3, 0.4) is 0 Å². The van der Waals surface area contributed by atoms with Crippen LogP contribution in [0.15, 0.2) is 24.3 Å². The van der Waals surface area contributed by atoms with E-state index in [9.17, 15) is 9.59 Å². The van der Waals surface area contributed by atoms with Gasteiger partial charge in [0, 0.05) is 13.1 Å². The highest BCUT2D eigenvalue weighted by molar-refractivity contribution is 6.33. The third-order valence-electron chi connectivity index (χ3n) is 3.84. The molecule has 0 aliphatic rings. The summed E-state index contributed by atoms with van der Waals surface area (Å²) in [6.07, 6.45) is 0. The van der Waals surface area contributed by atoms with Crippen molar-refractivity contribution in [1.29, 1.82) is 0 Å². The normalized spacial score (nSPS) is 13.0. The van der Waals surface area contributed by atoms with Crippen LogP contribution < -0.4 is 10.6 Å². The van der Waals surface area contributed by atoms with Gasteiger partial charge in [0.25, 0.3) is 5.91 Å². The van der Waals surface area contributed by atoms with Gasteiger partial charge in [-0.15, -0.1) is 0 Å². The molecule has 1 atom stereocenters. The van der Waals surface area contributed by atoms with Gasteiger partial charge in [0.2, 0.25) is 5.91 Å². The lowest BCUT2D eigenvalue weighted by atomic mass is 9.92. The van der Waals surface area contributed by atoms with E-state index in [2.05, 4.69) is 29.4 Å². The Morgan fingerprint density at radius 2 is 1.80 bits per heavy atom. The second-order valence-electron chi connectivity index (χ2n) is 7.79. The van der Waals surface area contributed by atoms with Crippen LogP contribution in [0.2, 0.25) is 5.02 Å². The first kappa shape index (κ1) is 21.5. The number of hydrogen-bond donors (Lipinski definition) is 2. The zero-order valence-corrected chi connectivity index (χ0v) is 16.8. The Balaban J connectivity index is 2.75. The Morgan fingerprint density at radius 3 is 2.32 bits per heavy atom. The third-order valence-corrected chi connectivity index (χ3v) is 4.17. The molecule has 1 aromatic carbocycles. The lowest BCUT2D eigenvalue weighted by molar-refractivity contribution is -0.124. The quantitative estimate of drug-likeness (QED) is 0.742. The van der Waals surface area contributed by atoms with E-state index < -0.39 is 6.04 Å². The van der Waals surface area contributed by atoms with Crippen molar-refractivity contribution in [2.24, 2.45) is 11.3 Å². The van der Waals surface area contributed by atoms with Crippen LogP contribution in [-0.2, 0) is 4.79 Å². The molecule has 0 aliphatic heterocycles. The fourth-order valence-electron chi connectivity index (χ4n) is 2.75. The summed E-state index contributed by atoms with van der Waals surface area (Å²) in [5.41, 5.74) is 0.309. The first-order valence-electron chi connectivity index (χ1n) is 8.51. The van der Waals surface area contributed by atoms with Crippen molar-refractivity contribution < 1.29 is 9.59 Å². The molecule has 1 aromatic rings. The van der Waals surface area contributed by atoms with Gasteiger partial charge in [-0.05, 0) is 37.6 Å². The summed E-state index contributed by atoms with van der Waals surface area (Å²) in [7, 11) is 4.01. The molecule has 25 heavy (non-hydrogen) atoms. The molecular weight excluding hydrogens is 338 g/mol. The maximum absolute atomic E-state index is 12.6. The molecule has 6 heteroatoms. The van der Waals surface area contributed by atoms with Crippen LogP contribution in [0.25, 0.3) is 0 Å². The fraction of sp³-hybridized carbons (Fsp3) is 0.579. The Labute approximate surface area is 156 Å². The third kappa shape index (κ3) is 7.04. The van der Waals surface area contributed by atoms with Crippen LogP contribution in [0.4, 0.5) is 0 Å². The molecule has 2 N–H and O–H groups in total. The summed E-state index contributed by atoms with van der Waals surface area (Å²) < 4.78 is 0. The van der Waals surface area contributed by atoms with Crippen molar-refractivity contribution in [2.45, 2.75) is 33.7 Å². The highest BCUT2D eigenvalue weighted by Gasteiger charge is 2.27. The average molecular weight is 368 g/mol. The molecule has 0 bridgehead atoms. The maximum Gasteiger partial charge on any atom is 0.253 e. The average Bonchev–Trinajstić information content (AvgIpc) is 2.49. The van der Waals surface area contributed by atoms with E-state index in [1.165, 1.54) is 0 Å². The lowest BCUT2D eigenvalue weighted by Gasteiger charge is -2.30. The number of hydrogen-bond acceptors (Lipinski definition) is 3. The van der Waals surface area contributed by atoms with Gasteiger partial charge in [-0.1, -0.05) is 51.4 Å². The van der Waals surface area contributed by atoms with Crippen LogP contribution in [-0.4, -0.2) is 49.9 Å². The zero-order valence-electron chi connectivity index (χ0n) is 16.0. The van der Waals surface area contributed by atoms with E-state index >= 15 is 0 Å². The van der Waals surface area contributed by atoms with Crippen molar-refractivity contribution in [1.82, 2.24) is 15.5 Å². The molecule has 0 spiro atoms. The van der Waals surface area contributed by atoms with Crippen molar-refractivity contribution in [3.8, 4) is 0 Å². The number of rotatable bonds is 8. The van der Waals surface area contributed by atoms with Gasteiger partial charge < -0.3 is 15.5 Å². The summed E-state index contributed by atoms with van der Waals surface area (Å²) in [4.78, 5) is 27.1. The minimum Gasteiger partial charge on any atom is -0.354 e. The molecular formula is C19H30ClN3O2. The lowest BCUT2D eigenvalue weighted by Crippen LogP contribution is -2.52. The van der Waals surface area contributed by atoms with Gasteiger partial charge in [0.05, 0.1) is 10.6 Å². The van der Waals surface area contributed by atoms with Crippen LogP contribution in [0.1, 0.15) is 38.1 Å². The number of nitrogens with zero attached hydrogens (tertiary/aromatic N) is 1. The predicted octanol–water partition coefficient (Wildman–Crippen LogP) is 2.80. The Bertz CT molecular complexity index is 600. The van der Waals surface area contributed by atoms with E-state index in [1.807, 2.05) is 27.9 Å². The van der Waals surface area contributed by atoms with Gasteiger partial charge in [-0.25, -0.2) is 0 Å². The summed E-state index contributed by atoms with van der Waals surface area (Å²) in [5, 5.41) is 6.14. The highest BCUT2D eigenvalue weighted by atomic mass is 35.5. The minimum atomic E-state index is -0.612. The number of nitrogens with one attached hydrogen (secondary N) is 2. The topological polar surface area (TPSA) is 61.4 Å². The second-order valence-corrected chi connectivity index (χ2v) is 8.20. The maximum atomic E-state index is 12.6. The fourth-order valence-corrected chi connectivity index (χ4v) is 2.97. The molecule has 1 unspecified atom stereocenters. The van der Waals surface area contributed by atoms with E-state index in [4.69, 9.17) is 11.6 Å². The molecule has 0 radical (unpaired) electrons. The number of carbonyl (C=O) groups is 2. The van der Waals surface area contributed by atoms with E-state index in [-0.39, 0.29) is 23.1 Å². The molecule has 140 valence electrons. The number of carbonyl (C=O) groups excluding carboxylic acids is 2. The van der Waals surface area contributed by atoms with Gasteiger partial charge in [-0.3, -0.25) is 9.59 Å². The molecule has 0 saturated heterocycles. The van der Waals surface area contributed by atoms with Gasteiger partial charge >= 0.3 is 0 Å². The van der Waals surface area contributed by atoms with Crippen molar-refractivity contribution >= 4 is 23.4 Å². The first-order valence-corrected chi connectivity index (χ1v) is 8.89. The standard InChI is InChI=1S/C19H30ClN3O2/c1-13(2)16(18(25)21-11-19(3,4)12-23(5)6)22-17(24)14-9-7-8-10-15(14)20/h7-10,13,16H,11-12H2,1-6H3,(H,21,25)(H,22,24). The summed E-state index contributed by atoms with van der Waals surface area (Å²) in [6, 6.07) is 6.20. The Hall–Kier alpha value is -1.59. The molecule has 0 fully saturated rings. The monoisotopic (exact) mass is 367 g/mol. The van der Waals surface area contributed by atoms with Gasteiger partial charge in [0.15, 0.2) is 0 Å². The van der Waals surface area contributed by atoms with Crippen molar-refractivity contribution in [3.63, 3.8) is 0 Å². The highest BCUT2D eigenvalue weighted by Crippen LogP contribution is 2.16. The summed E-state index contributed by atoms with van der Waals surface area (Å²) >= 11 is 6.07. The van der Waals surface area contributed by atoms with Crippen LogP contribution in [0.5, 0.6) is 0 Å². The molecule has 1 rings (SSSR count). The van der Waals surface area contributed by atoms with Crippen LogP contribution >= 0.6 is 11.6 Å². The molecule has 0 saturated carbocycles. The predicted molar refractivity (Wildman–Crippen MR) is 103 cm³/mol. The molecule has 0 aromatic heterocycles.